The van der Waals surface area contributed by atoms with Crippen LogP contribution in [0.15, 0.2) is 54.6 Å². The van der Waals surface area contributed by atoms with E-state index in [2.05, 4.69) is 16.3 Å². The number of carbonyl (C=O) groups excluding carboxylic acids is 1. The van der Waals surface area contributed by atoms with Crippen molar-refractivity contribution in [1.82, 2.24) is 10.2 Å². The van der Waals surface area contributed by atoms with Gasteiger partial charge in [0.25, 0.3) is 0 Å². The standard InChI is InChI=1S/C20H19N3O2/c1-25-13-14-6-5-7-15(10-14)20-17-11-19(24)23(12-18(17)21-22-20)16-8-3-2-4-9-16/h2-10H,11-13H2,1H3,(H,21,22). The van der Waals surface area contributed by atoms with Crippen LogP contribution in [0, 0.1) is 0 Å². The van der Waals surface area contributed by atoms with Crippen molar-refractivity contribution in [2.75, 3.05) is 12.0 Å². The smallest absolute Gasteiger partial charge is 0.231 e. The highest BCUT2D eigenvalue weighted by molar-refractivity contribution is 5.97. The molecule has 3 aromatic rings. The zero-order chi connectivity index (χ0) is 17.2. The van der Waals surface area contributed by atoms with Crippen molar-refractivity contribution >= 4 is 11.6 Å². The number of rotatable bonds is 4. The highest BCUT2D eigenvalue weighted by Crippen LogP contribution is 2.31. The largest absolute Gasteiger partial charge is 0.380 e. The molecule has 5 nitrogen and oxygen atoms in total. The van der Waals surface area contributed by atoms with Gasteiger partial charge < -0.3 is 9.64 Å². The molecule has 1 N–H and O–H groups in total. The van der Waals surface area contributed by atoms with Gasteiger partial charge in [-0.3, -0.25) is 9.89 Å². The number of aromatic nitrogens is 2. The molecular weight excluding hydrogens is 314 g/mol. The molecule has 0 radical (unpaired) electrons. The second-order valence-electron chi connectivity index (χ2n) is 6.15. The number of nitrogens with zero attached hydrogens (tertiary/aromatic N) is 2. The first-order valence-electron chi connectivity index (χ1n) is 8.26. The molecule has 0 saturated carbocycles. The molecule has 0 aliphatic carbocycles. The van der Waals surface area contributed by atoms with Gasteiger partial charge in [-0.1, -0.05) is 36.4 Å². The van der Waals surface area contributed by atoms with E-state index in [-0.39, 0.29) is 5.91 Å². The molecule has 1 amide bonds. The maximum Gasteiger partial charge on any atom is 0.231 e. The SMILES string of the molecule is COCc1cccc(-c2n[nH]c3c2CC(=O)N(c2ccccc2)C3)c1. The van der Waals surface area contributed by atoms with Crippen LogP contribution in [0.2, 0.25) is 0 Å². The van der Waals surface area contributed by atoms with E-state index in [1.165, 1.54) is 0 Å². The number of carbonyl (C=O) groups is 1. The van der Waals surface area contributed by atoms with Gasteiger partial charge in [0.15, 0.2) is 0 Å². The molecule has 0 bridgehead atoms. The van der Waals surface area contributed by atoms with Crippen molar-refractivity contribution in [3.8, 4) is 11.3 Å². The fraction of sp³-hybridized carbons (Fsp3) is 0.200. The Morgan fingerprint density at radius 1 is 1.16 bits per heavy atom. The number of methoxy groups -OCH3 is 1. The van der Waals surface area contributed by atoms with E-state index in [1.54, 1.807) is 12.0 Å². The van der Waals surface area contributed by atoms with Gasteiger partial charge in [0.1, 0.15) is 0 Å². The van der Waals surface area contributed by atoms with E-state index >= 15 is 0 Å². The van der Waals surface area contributed by atoms with Gasteiger partial charge in [-0.15, -0.1) is 0 Å². The number of fused-ring (bicyclic) bond motifs is 1. The average molecular weight is 333 g/mol. The van der Waals surface area contributed by atoms with Crippen LogP contribution in [0.25, 0.3) is 11.3 Å². The molecule has 1 aliphatic heterocycles. The minimum atomic E-state index is 0.0920. The molecule has 1 aromatic heterocycles. The van der Waals surface area contributed by atoms with E-state index in [1.807, 2.05) is 48.5 Å². The van der Waals surface area contributed by atoms with Gasteiger partial charge in [-0.25, -0.2) is 0 Å². The second kappa shape index (κ2) is 6.53. The topological polar surface area (TPSA) is 58.2 Å². The maximum atomic E-state index is 12.7. The molecule has 126 valence electrons. The number of hydrogen-bond acceptors (Lipinski definition) is 3. The van der Waals surface area contributed by atoms with Gasteiger partial charge >= 0.3 is 0 Å². The summed E-state index contributed by atoms with van der Waals surface area (Å²) in [5.41, 5.74) is 5.85. The lowest BCUT2D eigenvalue weighted by molar-refractivity contribution is -0.118. The number of hydrogen-bond donors (Lipinski definition) is 1. The Morgan fingerprint density at radius 2 is 2.00 bits per heavy atom. The molecule has 25 heavy (non-hydrogen) atoms. The summed E-state index contributed by atoms with van der Waals surface area (Å²) >= 11 is 0. The molecule has 2 aromatic carbocycles. The van der Waals surface area contributed by atoms with Crippen LogP contribution in [-0.4, -0.2) is 23.2 Å². The van der Waals surface area contributed by atoms with Gasteiger partial charge in [-0.05, 0) is 23.8 Å². The summed E-state index contributed by atoms with van der Waals surface area (Å²) in [4.78, 5) is 14.5. The maximum absolute atomic E-state index is 12.7. The third kappa shape index (κ3) is 2.94. The Kier molecular flexibility index (Phi) is 4.07. The van der Waals surface area contributed by atoms with Crippen LogP contribution in [0.5, 0.6) is 0 Å². The van der Waals surface area contributed by atoms with Crippen LogP contribution in [0.3, 0.4) is 0 Å². The normalized spacial score (nSPS) is 13.8. The number of nitrogens with one attached hydrogen (secondary N) is 1. The fourth-order valence-electron chi connectivity index (χ4n) is 3.27. The molecule has 0 unspecified atom stereocenters. The van der Waals surface area contributed by atoms with Gasteiger partial charge in [0, 0.05) is 23.9 Å². The summed E-state index contributed by atoms with van der Waals surface area (Å²) in [6.45, 7) is 1.07. The monoisotopic (exact) mass is 333 g/mol. The number of ether oxygens (including phenoxy) is 1. The molecule has 0 spiro atoms. The lowest BCUT2D eigenvalue weighted by Gasteiger charge is -2.27. The van der Waals surface area contributed by atoms with Gasteiger partial charge in [0.05, 0.1) is 31.0 Å². The van der Waals surface area contributed by atoms with Crippen LogP contribution in [0.1, 0.15) is 16.8 Å². The zero-order valence-corrected chi connectivity index (χ0v) is 14.0. The Morgan fingerprint density at radius 3 is 2.80 bits per heavy atom. The van der Waals surface area contributed by atoms with Crippen LogP contribution in [-0.2, 0) is 29.1 Å². The van der Waals surface area contributed by atoms with Crippen LogP contribution < -0.4 is 4.90 Å². The summed E-state index contributed by atoms with van der Waals surface area (Å²) < 4.78 is 5.20. The van der Waals surface area contributed by atoms with Gasteiger partial charge in [-0.2, -0.15) is 5.10 Å². The highest BCUT2D eigenvalue weighted by Gasteiger charge is 2.28. The lowest BCUT2D eigenvalue weighted by atomic mass is 9.98. The Labute approximate surface area is 146 Å². The Balaban J connectivity index is 1.67. The summed E-state index contributed by atoms with van der Waals surface area (Å²) in [6, 6.07) is 17.8. The van der Waals surface area contributed by atoms with Gasteiger partial charge in [0.2, 0.25) is 5.91 Å². The zero-order valence-electron chi connectivity index (χ0n) is 14.0. The average Bonchev–Trinajstić information content (AvgIpc) is 3.05. The third-order valence-electron chi connectivity index (χ3n) is 4.48. The lowest BCUT2D eigenvalue weighted by Crippen LogP contribution is -2.36. The third-order valence-corrected chi connectivity index (χ3v) is 4.48. The summed E-state index contributed by atoms with van der Waals surface area (Å²) in [5, 5.41) is 7.61. The number of aromatic amines is 1. The van der Waals surface area contributed by atoms with Crippen molar-refractivity contribution in [3.63, 3.8) is 0 Å². The van der Waals surface area contributed by atoms with E-state index < -0.39 is 0 Å². The van der Waals surface area contributed by atoms with Crippen LogP contribution >= 0.6 is 0 Å². The van der Waals surface area contributed by atoms with E-state index in [0.717, 1.165) is 33.8 Å². The number of H-pyrrole nitrogens is 1. The molecular formula is C20H19N3O2. The molecule has 2 heterocycles. The summed E-state index contributed by atoms with van der Waals surface area (Å²) in [6.07, 6.45) is 0.352. The predicted molar refractivity (Wildman–Crippen MR) is 96.1 cm³/mol. The Bertz CT molecular complexity index is 902. The van der Waals surface area contributed by atoms with Crippen molar-refractivity contribution in [2.45, 2.75) is 19.6 Å². The van der Waals surface area contributed by atoms with E-state index in [4.69, 9.17) is 4.74 Å². The summed E-state index contributed by atoms with van der Waals surface area (Å²) in [7, 11) is 1.68. The highest BCUT2D eigenvalue weighted by atomic mass is 16.5. The first-order chi connectivity index (χ1) is 12.3. The van der Waals surface area contributed by atoms with Crippen molar-refractivity contribution in [1.29, 1.82) is 0 Å². The van der Waals surface area contributed by atoms with Crippen molar-refractivity contribution in [2.24, 2.45) is 0 Å². The Hall–Kier alpha value is -2.92. The van der Waals surface area contributed by atoms with Crippen molar-refractivity contribution < 1.29 is 9.53 Å². The minimum absolute atomic E-state index is 0.0920. The number of amides is 1. The number of benzene rings is 2. The number of anilines is 1. The van der Waals surface area contributed by atoms with Crippen molar-refractivity contribution in [3.05, 3.63) is 71.4 Å². The molecule has 0 atom stereocenters. The molecule has 4 rings (SSSR count). The molecule has 0 saturated heterocycles. The van der Waals surface area contributed by atoms with E-state index in [0.29, 0.717) is 19.6 Å². The predicted octanol–water partition coefficient (Wildman–Crippen LogP) is 3.31. The minimum Gasteiger partial charge on any atom is -0.380 e. The second-order valence-corrected chi connectivity index (χ2v) is 6.15. The van der Waals surface area contributed by atoms with Crippen LogP contribution in [0.4, 0.5) is 5.69 Å². The first-order valence-corrected chi connectivity index (χ1v) is 8.26. The quantitative estimate of drug-likeness (QED) is 0.797. The number of para-hydroxylation sites is 1. The fourth-order valence-corrected chi connectivity index (χ4v) is 3.27. The molecule has 0 fully saturated rings. The van der Waals surface area contributed by atoms with E-state index in [9.17, 15) is 4.79 Å². The summed E-state index contributed by atoms with van der Waals surface area (Å²) in [5.74, 6) is 0.0920. The molecule has 5 heteroatoms. The first kappa shape index (κ1) is 15.6. The molecule has 1 aliphatic rings.